The van der Waals surface area contributed by atoms with Gasteiger partial charge in [0.1, 0.15) is 29.6 Å². The first-order valence-corrected chi connectivity index (χ1v) is 12.9. The van der Waals surface area contributed by atoms with E-state index in [1.54, 1.807) is 29.1 Å². The Hall–Kier alpha value is -3.56. The third kappa shape index (κ3) is 8.21. The third-order valence-corrected chi connectivity index (χ3v) is 6.48. The van der Waals surface area contributed by atoms with E-state index < -0.39 is 17.2 Å². The summed E-state index contributed by atoms with van der Waals surface area (Å²) in [7, 11) is 0. The van der Waals surface area contributed by atoms with Crippen LogP contribution in [0.4, 0.5) is 8.78 Å². The first-order chi connectivity index (χ1) is 18.8. The molecule has 1 atom stereocenters. The van der Waals surface area contributed by atoms with E-state index in [0.29, 0.717) is 23.9 Å². The van der Waals surface area contributed by atoms with E-state index in [0.717, 1.165) is 36.3 Å². The van der Waals surface area contributed by atoms with Crippen molar-refractivity contribution < 1.29 is 18.6 Å². The highest BCUT2D eigenvalue weighted by molar-refractivity contribution is 6.30. The van der Waals surface area contributed by atoms with Crippen molar-refractivity contribution in [2.45, 2.75) is 18.7 Å². The number of aromatic nitrogens is 2. The summed E-state index contributed by atoms with van der Waals surface area (Å²) >= 11 is 5.95. The summed E-state index contributed by atoms with van der Waals surface area (Å²) in [6, 6.07) is 18.2. The molecule has 0 radical (unpaired) electrons. The molecular weight excluding hydrogens is 522 g/mol. The summed E-state index contributed by atoms with van der Waals surface area (Å²) in [5.74, 6) is -1.05. The number of aliphatic hydroxyl groups is 1. The molecule has 0 fully saturated rings. The van der Waals surface area contributed by atoms with E-state index >= 15 is 0 Å². The van der Waals surface area contributed by atoms with Crippen LogP contribution in [0.15, 0.2) is 91.5 Å². The Morgan fingerprint density at radius 2 is 1.85 bits per heavy atom. The fourth-order valence-corrected chi connectivity index (χ4v) is 4.36. The lowest BCUT2D eigenvalue weighted by atomic mass is 9.93. The number of nitrogens with zero attached hydrogens (tertiary/aromatic N) is 3. The molecule has 4 aromatic rings. The van der Waals surface area contributed by atoms with Crippen molar-refractivity contribution in [3.8, 4) is 5.75 Å². The molecule has 3 aromatic carbocycles. The van der Waals surface area contributed by atoms with Gasteiger partial charge < -0.3 is 20.1 Å². The number of hydrogen-bond donors (Lipinski definition) is 2. The first-order valence-electron chi connectivity index (χ1n) is 12.5. The molecule has 1 unspecified atom stereocenters. The van der Waals surface area contributed by atoms with Gasteiger partial charge in [0.2, 0.25) is 0 Å². The van der Waals surface area contributed by atoms with Gasteiger partial charge in [-0.1, -0.05) is 54.1 Å². The summed E-state index contributed by atoms with van der Waals surface area (Å²) in [4.78, 5) is 6.20. The van der Waals surface area contributed by atoms with Gasteiger partial charge in [-0.05, 0) is 41.5 Å². The monoisotopic (exact) mass is 552 g/mol. The molecule has 39 heavy (non-hydrogen) atoms. The molecule has 9 heteroatoms. The van der Waals surface area contributed by atoms with Crippen LogP contribution in [0.25, 0.3) is 6.08 Å². The molecule has 0 aliphatic carbocycles. The maximum absolute atomic E-state index is 14.6. The number of imidazole rings is 1. The standard InChI is InChI=1S/C30H31ClF2N4O2/c31-25-7-3-23(4-8-25)2-1-15-36(16-13-34)19-24-5-10-27(11-6-24)39-21-30(38,20-37-17-14-35-22-37)28-12-9-26(32)18-29(28)33/h1-12,14,17-18,22,38H,13,15-16,19-21,34H2. The zero-order valence-electron chi connectivity index (χ0n) is 21.4. The number of halogens is 3. The fraction of sp³-hybridized carbons (Fsp3) is 0.233. The van der Waals surface area contributed by atoms with Crippen LogP contribution in [0.3, 0.4) is 0 Å². The van der Waals surface area contributed by atoms with Gasteiger partial charge in [0, 0.05) is 55.2 Å². The van der Waals surface area contributed by atoms with Crippen LogP contribution in [0.1, 0.15) is 16.7 Å². The van der Waals surface area contributed by atoms with Gasteiger partial charge in [-0.25, -0.2) is 13.8 Å². The molecule has 6 nitrogen and oxygen atoms in total. The molecule has 0 spiro atoms. The van der Waals surface area contributed by atoms with E-state index in [4.69, 9.17) is 22.1 Å². The summed E-state index contributed by atoms with van der Waals surface area (Å²) in [5.41, 5.74) is 6.14. The van der Waals surface area contributed by atoms with Crippen LogP contribution in [-0.2, 0) is 18.7 Å². The van der Waals surface area contributed by atoms with Gasteiger partial charge in [-0.2, -0.15) is 0 Å². The lowest BCUT2D eigenvalue weighted by molar-refractivity contribution is -0.0271. The smallest absolute Gasteiger partial charge is 0.144 e. The van der Waals surface area contributed by atoms with Crippen molar-refractivity contribution in [3.05, 3.63) is 125 Å². The van der Waals surface area contributed by atoms with Crippen molar-refractivity contribution in [3.63, 3.8) is 0 Å². The number of benzene rings is 3. The van der Waals surface area contributed by atoms with E-state index in [2.05, 4.69) is 16.0 Å². The van der Waals surface area contributed by atoms with Crippen molar-refractivity contribution in [2.24, 2.45) is 5.73 Å². The molecule has 0 saturated heterocycles. The minimum atomic E-state index is -1.76. The second-order valence-corrected chi connectivity index (χ2v) is 9.74. The molecular formula is C30H31ClF2N4O2. The average Bonchev–Trinajstić information content (AvgIpc) is 3.42. The van der Waals surface area contributed by atoms with E-state index in [9.17, 15) is 13.9 Å². The number of nitrogens with two attached hydrogens (primary N) is 1. The quantitative estimate of drug-likeness (QED) is 0.237. The third-order valence-electron chi connectivity index (χ3n) is 6.23. The molecule has 0 saturated carbocycles. The highest BCUT2D eigenvalue weighted by Crippen LogP contribution is 2.28. The predicted octanol–water partition coefficient (Wildman–Crippen LogP) is 5.26. The number of hydrogen-bond acceptors (Lipinski definition) is 5. The Labute approximate surface area is 231 Å². The molecule has 204 valence electrons. The largest absolute Gasteiger partial charge is 0.490 e. The van der Waals surface area contributed by atoms with Crippen LogP contribution in [0.2, 0.25) is 5.02 Å². The van der Waals surface area contributed by atoms with E-state index in [1.165, 1.54) is 12.4 Å². The summed E-state index contributed by atoms with van der Waals surface area (Å²) in [6.45, 7) is 2.41. The Morgan fingerprint density at radius 3 is 2.51 bits per heavy atom. The molecule has 1 aromatic heterocycles. The number of ether oxygens (including phenoxy) is 1. The van der Waals surface area contributed by atoms with Crippen molar-refractivity contribution in [1.29, 1.82) is 0 Å². The van der Waals surface area contributed by atoms with Crippen LogP contribution >= 0.6 is 11.6 Å². The lowest BCUT2D eigenvalue weighted by Crippen LogP contribution is -2.38. The van der Waals surface area contributed by atoms with Crippen LogP contribution in [0.5, 0.6) is 5.75 Å². The van der Waals surface area contributed by atoms with Gasteiger partial charge in [-0.15, -0.1) is 0 Å². The molecule has 0 bridgehead atoms. The van der Waals surface area contributed by atoms with Crippen LogP contribution in [0, 0.1) is 11.6 Å². The molecule has 1 heterocycles. The predicted molar refractivity (Wildman–Crippen MR) is 149 cm³/mol. The number of rotatable bonds is 13. The van der Waals surface area contributed by atoms with Crippen molar-refractivity contribution in [1.82, 2.24) is 14.5 Å². The molecule has 0 amide bonds. The highest BCUT2D eigenvalue weighted by atomic mass is 35.5. The second-order valence-electron chi connectivity index (χ2n) is 9.30. The topological polar surface area (TPSA) is 76.5 Å². The van der Waals surface area contributed by atoms with Gasteiger partial charge in [0.25, 0.3) is 0 Å². The maximum Gasteiger partial charge on any atom is 0.144 e. The Bertz CT molecular complexity index is 1350. The Morgan fingerprint density at radius 1 is 1.08 bits per heavy atom. The summed E-state index contributed by atoms with van der Waals surface area (Å²) in [6.07, 6.45) is 8.86. The molecule has 0 aliphatic heterocycles. The molecule has 4 rings (SSSR count). The van der Waals surface area contributed by atoms with Crippen LogP contribution < -0.4 is 10.5 Å². The maximum atomic E-state index is 14.6. The average molecular weight is 553 g/mol. The zero-order valence-corrected chi connectivity index (χ0v) is 22.1. The fourth-order valence-electron chi connectivity index (χ4n) is 4.24. The molecule has 0 aliphatic rings. The Balaban J connectivity index is 1.40. The van der Waals surface area contributed by atoms with Crippen molar-refractivity contribution >= 4 is 17.7 Å². The summed E-state index contributed by atoms with van der Waals surface area (Å²) in [5, 5.41) is 12.1. The molecule has 3 N–H and O–H groups in total. The van der Waals surface area contributed by atoms with Gasteiger partial charge in [0.05, 0.1) is 12.9 Å². The van der Waals surface area contributed by atoms with E-state index in [-0.39, 0.29) is 18.7 Å². The van der Waals surface area contributed by atoms with Crippen LogP contribution in [-0.4, -0.2) is 45.8 Å². The second kappa shape index (κ2) is 13.5. The SMILES string of the molecule is NCCN(CC=Cc1ccc(Cl)cc1)Cc1ccc(OCC(O)(Cn2ccnc2)c2ccc(F)cc2F)cc1. The van der Waals surface area contributed by atoms with Crippen molar-refractivity contribution in [2.75, 3.05) is 26.2 Å². The Kier molecular flexibility index (Phi) is 9.84. The zero-order chi connectivity index (χ0) is 27.7. The van der Waals surface area contributed by atoms with Gasteiger partial charge in [-0.3, -0.25) is 4.90 Å². The van der Waals surface area contributed by atoms with Gasteiger partial charge >= 0.3 is 0 Å². The minimum Gasteiger partial charge on any atom is -0.490 e. The minimum absolute atomic E-state index is 0.0226. The van der Waals surface area contributed by atoms with Gasteiger partial charge in [0.15, 0.2) is 0 Å². The first kappa shape index (κ1) is 28.4. The summed E-state index contributed by atoms with van der Waals surface area (Å²) < 4.78 is 35.7. The lowest BCUT2D eigenvalue weighted by Gasteiger charge is -2.29. The van der Waals surface area contributed by atoms with E-state index in [1.807, 2.05) is 42.5 Å². The normalized spacial score (nSPS) is 13.2. The highest BCUT2D eigenvalue weighted by Gasteiger charge is 2.34.